The van der Waals surface area contributed by atoms with Crippen molar-refractivity contribution in [3.05, 3.63) is 152 Å². The summed E-state index contributed by atoms with van der Waals surface area (Å²) in [4.78, 5) is 19.7. The molecule has 0 amide bonds. The molecule has 0 fully saturated rings. The van der Waals surface area contributed by atoms with Crippen LogP contribution in [0.4, 0.5) is 17.1 Å². The number of hydrogen-bond acceptors (Lipinski definition) is 5. The summed E-state index contributed by atoms with van der Waals surface area (Å²) in [6.45, 7) is 0. The predicted molar refractivity (Wildman–Crippen MR) is 174 cm³/mol. The third-order valence-electron chi connectivity index (χ3n) is 7.52. The van der Waals surface area contributed by atoms with E-state index in [1.807, 2.05) is 54.9 Å². The number of hydrogen-bond donors (Lipinski definition) is 0. The summed E-state index contributed by atoms with van der Waals surface area (Å²) in [6, 6.07) is 48.0. The molecule has 7 aromatic rings. The summed E-state index contributed by atoms with van der Waals surface area (Å²) in [6.07, 6.45) is 3.64. The van der Waals surface area contributed by atoms with Crippen LogP contribution in [0.5, 0.6) is 0 Å². The SMILES string of the molecule is c1ccc(-n2c(-c3ccccc3N3c4ccccc4Sc4ccccc43)nc(-c3ccccn3)c2-c2ccccn2)cc1. The molecule has 8 rings (SSSR count). The van der Waals surface area contributed by atoms with Gasteiger partial charge in [-0.3, -0.25) is 14.5 Å². The van der Waals surface area contributed by atoms with Gasteiger partial charge in [-0.05, 0) is 72.8 Å². The lowest BCUT2D eigenvalue weighted by Crippen LogP contribution is -2.16. The molecule has 204 valence electrons. The molecule has 1 aliphatic heterocycles. The zero-order chi connectivity index (χ0) is 28.6. The number of aromatic nitrogens is 4. The van der Waals surface area contributed by atoms with E-state index in [-0.39, 0.29) is 0 Å². The number of rotatable bonds is 5. The fraction of sp³-hybridized carbons (Fsp3) is 0. The molecule has 0 bridgehead atoms. The Balaban J connectivity index is 1.45. The molecule has 0 radical (unpaired) electrons. The highest BCUT2D eigenvalue weighted by molar-refractivity contribution is 7.99. The van der Waals surface area contributed by atoms with Crippen LogP contribution in [0.15, 0.2) is 162 Å². The van der Waals surface area contributed by atoms with Crippen molar-refractivity contribution in [2.75, 3.05) is 4.90 Å². The van der Waals surface area contributed by atoms with Crippen LogP contribution in [-0.2, 0) is 0 Å². The van der Waals surface area contributed by atoms with E-state index >= 15 is 0 Å². The van der Waals surface area contributed by atoms with Gasteiger partial charge in [0.05, 0.1) is 28.5 Å². The number of fused-ring (bicyclic) bond motifs is 2. The normalized spacial score (nSPS) is 12.0. The first-order chi connectivity index (χ1) is 21.4. The predicted octanol–water partition coefficient (Wildman–Crippen LogP) is 9.60. The average molecular weight is 572 g/mol. The van der Waals surface area contributed by atoms with Crippen molar-refractivity contribution in [2.45, 2.75) is 9.79 Å². The fourth-order valence-electron chi connectivity index (χ4n) is 5.67. The highest BCUT2D eigenvalue weighted by Gasteiger charge is 2.29. The van der Waals surface area contributed by atoms with Gasteiger partial charge in [-0.1, -0.05) is 78.5 Å². The number of nitrogens with zero attached hydrogens (tertiary/aromatic N) is 5. The summed E-state index contributed by atoms with van der Waals surface area (Å²) < 4.78 is 2.22. The minimum Gasteiger partial charge on any atom is -0.307 e. The number of imidazole rings is 1. The lowest BCUT2D eigenvalue weighted by molar-refractivity contribution is 1.06. The molecule has 5 nitrogen and oxygen atoms in total. The van der Waals surface area contributed by atoms with E-state index in [1.165, 1.54) is 9.79 Å². The maximum atomic E-state index is 5.40. The largest absolute Gasteiger partial charge is 0.307 e. The first-order valence-corrected chi connectivity index (χ1v) is 14.9. The lowest BCUT2D eigenvalue weighted by Gasteiger charge is -2.34. The maximum Gasteiger partial charge on any atom is 0.148 e. The Kier molecular flexibility index (Phi) is 6.31. The van der Waals surface area contributed by atoms with Gasteiger partial charge in [0.2, 0.25) is 0 Å². The molecule has 0 saturated heterocycles. The third-order valence-corrected chi connectivity index (χ3v) is 8.66. The molecular weight excluding hydrogens is 547 g/mol. The maximum absolute atomic E-state index is 5.40. The minimum atomic E-state index is 0.781. The topological polar surface area (TPSA) is 46.8 Å². The number of pyridine rings is 2. The summed E-state index contributed by atoms with van der Waals surface area (Å²) in [7, 11) is 0. The van der Waals surface area contributed by atoms with Crippen molar-refractivity contribution in [3.63, 3.8) is 0 Å². The third kappa shape index (κ3) is 4.40. The molecule has 4 heterocycles. The van der Waals surface area contributed by atoms with E-state index in [0.717, 1.165) is 56.9 Å². The monoisotopic (exact) mass is 571 g/mol. The summed E-state index contributed by atoms with van der Waals surface area (Å²) in [5.41, 5.74) is 8.63. The van der Waals surface area contributed by atoms with E-state index in [0.29, 0.717) is 0 Å². The van der Waals surface area contributed by atoms with Gasteiger partial charge in [-0.2, -0.15) is 0 Å². The summed E-state index contributed by atoms with van der Waals surface area (Å²) >= 11 is 1.80. The smallest absolute Gasteiger partial charge is 0.148 e. The zero-order valence-corrected chi connectivity index (χ0v) is 23.9. The van der Waals surface area contributed by atoms with Gasteiger partial charge < -0.3 is 4.90 Å². The second kappa shape index (κ2) is 10.7. The van der Waals surface area contributed by atoms with Crippen molar-refractivity contribution in [3.8, 4) is 39.9 Å². The second-order valence-corrected chi connectivity index (χ2v) is 11.2. The Bertz CT molecular complexity index is 2010. The Morgan fingerprint density at radius 1 is 0.488 bits per heavy atom. The first kappa shape index (κ1) is 25.3. The average Bonchev–Trinajstić information content (AvgIpc) is 3.49. The van der Waals surface area contributed by atoms with Crippen molar-refractivity contribution >= 4 is 28.8 Å². The molecule has 0 atom stereocenters. The van der Waals surface area contributed by atoms with Crippen LogP contribution in [0.2, 0.25) is 0 Å². The van der Waals surface area contributed by atoms with E-state index in [4.69, 9.17) is 15.0 Å². The van der Waals surface area contributed by atoms with Gasteiger partial charge in [-0.15, -0.1) is 0 Å². The van der Waals surface area contributed by atoms with Crippen LogP contribution in [0, 0.1) is 0 Å². The Morgan fingerprint density at radius 3 is 1.70 bits per heavy atom. The van der Waals surface area contributed by atoms with Gasteiger partial charge >= 0.3 is 0 Å². The summed E-state index contributed by atoms with van der Waals surface area (Å²) in [5, 5.41) is 0. The van der Waals surface area contributed by atoms with Gasteiger partial charge in [0.25, 0.3) is 0 Å². The molecule has 3 aromatic heterocycles. The van der Waals surface area contributed by atoms with Gasteiger partial charge in [0.1, 0.15) is 17.2 Å². The molecule has 43 heavy (non-hydrogen) atoms. The highest BCUT2D eigenvalue weighted by atomic mass is 32.2. The van der Waals surface area contributed by atoms with Crippen LogP contribution in [0.25, 0.3) is 39.9 Å². The fourth-order valence-corrected chi connectivity index (χ4v) is 6.73. The van der Waals surface area contributed by atoms with Gasteiger partial charge in [0.15, 0.2) is 0 Å². The van der Waals surface area contributed by atoms with Crippen molar-refractivity contribution in [1.29, 1.82) is 0 Å². The van der Waals surface area contributed by atoms with Crippen molar-refractivity contribution in [2.24, 2.45) is 0 Å². The minimum absolute atomic E-state index is 0.781. The molecule has 0 N–H and O–H groups in total. The van der Waals surface area contributed by atoms with Crippen LogP contribution in [0.1, 0.15) is 0 Å². The number of para-hydroxylation sites is 4. The van der Waals surface area contributed by atoms with Crippen LogP contribution >= 0.6 is 11.8 Å². The molecular formula is C37H25N5S. The van der Waals surface area contributed by atoms with E-state index in [1.54, 1.807) is 11.8 Å². The van der Waals surface area contributed by atoms with Gasteiger partial charge in [0, 0.05) is 33.4 Å². The van der Waals surface area contributed by atoms with Crippen LogP contribution in [-0.4, -0.2) is 19.5 Å². The van der Waals surface area contributed by atoms with E-state index < -0.39 is 0 Å². The van der Waals surface area contributed by atoms with Crippen molar-refractivity contribution < 1.29 is 0 Å². The molecule has 4 aromatic carbocycles. The van der Waals surface area contributed by atoms with E-state index in [2.05, 4.69) is 107 Å². The van der Waals surface area contributed by atoms with Gasteiger partial charge in [-0.25, -0.2) is 4.98 Å². The molecule has 0 aliphatic carbocycles. The highest BCUT2D eigenvalue weighted by Crippen LogP contribution is 2.53. The quantitative estimate of drug-likeness (QED) is 0.206. The molecule has 0 unspecified atom stereocenters. The Morgan fingerprint density at radius 2 is 1.05 bits per heavy atom. The van der Waals surface area contributed by atoms with Crippen LogP contribution in [0.3, 0.4) is 0 Å². The molecule has 0 saturated carbocycles. The lowest BCUT2D eigenvalue weighted by atomic mass is 10.1. The second-order valence-electron chi connectivity index (χ2n) is 10.1. The summed E-state index contributed by atoms with van der Waals surface area (Å²) in [5.74, 6) is 0.816. The Hall–Kier alpha value is -5.46. The van der Waals surface area contributed by atoms with Crippen molar-refractivity contribution in [1.82, 2.24) is 19.5 Å². The Labute approximate surface area is 254 Å². The first-order valence-electron chi connectivity index (χ1n) is 14.1. The standard InChI is InChI=1S/C37H25N5S/c1-2-14-26(15-3-1)41-36(29-18-11-13-25-39-29)35(28-17-10-12-24-38-28)40-37(41)27-16-4-5-19-30(27)42-31-20-6-8-22-33(31)43-34-23-9-7-21-32(34)42/h1-25H. The van der Waals surface area contributed by atoms with Crippen LogP contribution < -0.4 is 4.90 Å². The number of benzene rings is 4. The molecule has 1 aliphatic rings. The number of anilines is 3. The molecule has 0 spiro atoms. The van der Waals surface area contributed by atoms with E-state index in [9.17, 15) is 0 Å². The zero-order valence-electron chi connectivity index (χ0n) is 23.1. The molecule has 6 heteroatoms.